The first-order chi connectivity index (χ1) is 18.1. The molecule has 184 valence electrons. The van der Waals surface area contributed by atoms with Crippen molar-refractivity contribution >= 4 is 17.4 Å². The van der Waals surface area contributed by atoms with Crippen molar-refractivity contribution in [3.63, 3.8) is 0 Å². The Morgan fingerprint density at radius 1 is 0.730 bits per heavy atom. The van der Waals surface area contributed by atoms with Gasteiger partial charge in [-0.15, -0.1) is 0 Å². The molecule has 1 amide bonds. The molecule has 1 aliphatic heterocycles. The highest BCUT2D eigenvalue weighted by Crippen LogP contribution is 2.40. The Morgan fingerprint density at radius 2 is 1.30 bits per heavy atom. The summed E-state index contributed by atoms with van der Waals surface area (Å²) in [5, 5.41) is 11.2. The van der Waals surface area contributed by atoms with Crippen molar-refractivity contribution < 1.29 is 19.4 Å². The fourth-order valence-electron chi connectivity index (χ4n) is 4.59. The van der Waals surface area contributed by atoms with Crippen LogP contribution in [0.3, 0.4) is 0 Å². The molecule has 1 atom stereocenters. The predicted octanol–water partition coefficient (Wildman–Crippen LogP) is 5.93. The molecule has 1 saturated heterocycles. The van der Waals surface area contributed by atoms with Gasteiger partial charge >= 0.3 is 0 Å². The summed E-state index contributed by atoms with van der Waals surface area (Å²) in [5.41, 5.74) is 3.45. The van der Waals surface area contributed by atoms with Crippen LogP contribution in [0.25, 0.3) is 5.76 Å². The molecule has 1 heterocycles. The summed E-state index contributed by atoms with van der Waals surface area (Å²) < 4.78 is 5.92. The molecule has 0 spiro atoms. The number of Topliss-reactive ketones (excluding diaryl/α,β-unsaturated/α-hetero) is 1. The van der Waals surface area contributed by atoms with Crippen LogP contribution in [0.15, 0.2) is 121 Å². The van der Waals surface area contributed by atoms with Crippen molar-refractivity contribution in [1.82, 2.24) is 4.90 Å². The van der Waals surface area contributed by atoms with Crippen LogP contribution in [0.5, 0.6) is 5.75 Å². The van der Waals surface area contributed by atoms with E-state index in [2.05, 4.69) is 0 Å². The lowest BCUT2D eigenvalue weighted by atomic mass is 9.95. The maximum Gasteiger partial charge on any atom is 0.295 e. The van der Waals surface area contributed by atoms with Crippen LogP contribution in [0.2, 0.25) is 0 Å². The summed E-state index contributed by atoms with van der Waals surface area (Å²) in [4.78, 5) is 28.0. The highest BCUT2D eigenvalue weighted by Gasteiger charge is 2.45. The number of hydrogen-bond acceptors (Lipinski definition) is 4. The summed E-state index contributed by atoms with van der Waals surface area (Å²) >= 11 is 0. The van der Waals surface area contributed by atoms with Crippen LogP contribution in [-0.4, -0.2) is 28.2 Å². The molecule has 37 heavy (non-hydrogen) atoms. The van der Waals surface area contributed by atoms with E-state index in [1.807, 2.05) is 91.0 Å². The van der Waals surface area contributed by atoms with Crippen molar-refractivity contribution in [2.75, 3.05) is 6.54 Å². The highest BCUT2D eigenvalue weighted by atomic mass is 16.5. The maximum absolute atomic E-state index is 13.2. The zero-order chi connectivity index (χ0) is 25.6. The zero-order valence-electron chi connectivity index (χ0n) is 20.3. The van der Waals surface area contributed by atoms with Gasteiger partial charge in [-0.05, 0) is 35.2 Å². The number of amides is 1. The quantitative estimate of drug-likeness (QED) is 0.189. The lowest BCUT2D eigenvalue weighted by molar-refractivity contribution is -0.139. The third-order valence-electron chi connectivity index (χ3n) is 6.52. The molecule has 0 bridgehead atoms. The Kier molecular flexibility index (Phi) is 7.13. The van der Waals surface area contributed by atoms with E-state index in [0.717, 1.165) is 16.7 Å². The van der Waals surface area contributed by atoms with Crippen molar-refractivity contribution in [3.8, 4) is 5.75 Å². The molecule has 1 fully saturated rings. The van der Waals surface area contributed by atoms with E-state index in [9.17, 15) is 14.7 Å². The minimum atomic E-state index is -0.702. The number of benzene rings is 4. The lowest BCUT2D eigenvalue weighted by Crippen LogP contribution is -2.31. The smallest absolute Gasteiger partial charge is 0.295 e. The number of aliphatic hydroxyl groups excluding tert-OH is 1. The Hall–Kier alpha value is -4.64. The Morgan fingerprint density at radius 3 is 1.92 bits per heavy atom. The van der Waals surface area contributed by atoms with Crippen LogP contribution < -0.4 is 4.74 Å². The van der Waals surface area contributed by atoms with Crippen LogP contribution in [0.4, 0.5) is 0 Å². The summed E-state index contributed by atoms with van der Waals surface area (Å²) in [7, 11) is 0. The van der Waals surface area contributed by atoms with E-state index in [1.165, 1.54) is 0 Å². The maximum atomic E-state index is 13.2. The molecule has 1 N–H and O–H groups in total. The van der Waals surface area contributed by atoms with E-state index >= 15 is 0 Å². The SMILES string of the molecule is O=C1C(=O)N(CCc2ccccc2)C(c2ccc(OCc3ccccc3)cc2)C1=C(O)c1ccccc1. The van der Waals surface area contributed by atoms with Gasteiger partial charge < -0.3 is 14.7 Å². The molecule has 4 aromatic carbocycles. The van der Waals surface area contributed by atoms with E-state index in [4.69, 9.17) is 4.74 Å². The first-order valence-corrected chi connectivity index (χ1v) is 12.3. The molecular formula is C32H27NO4. The summed E-state index contributed by atoms with van der Waals surface area (Å²) in [6, 6.07) is 35.2. The van der Waals surface area contributed by atoms with Gasteiger partial charge in [0.05, 0.1) is 11.6 Å². The second kappa shape index (κ2) is 11.0. The first-order valence-electron chi connectivity index (χ1n) is 12.3. The second-order valence-electron chi connectivity index (χ2n) is 8.94. The number of carbonyl (C=O) groups excluding carboxylic acids is 2. The fourth-order valence-corrected chi connectivity index (χ4v) is 4.59. The van der Waals surface area contributed by atoms with Gasteiger partial charge in [0.25, 0.3) is 11.7 Å². The Bertz CT molecular complexity index is 1400. The third kappa shape index (κ3) is 5.31. The van der Waals surface area contributed by atoms with E-state index in [1.54, 1.807) is 29.2 Å². The largest absolute Gasteiger partial charge is 0.507 e. The number of carbonyl (C=O) groups is 2. The number of aliphatic hydroxyl groups is 1. The topological polar surface area (TPSA) is 66.8 Å². The van der Waals surface area contributed by atoms with Gasteiger partial charge in [-0.3, -0.25) is 9.59 Å². The molecule has 1 aliphatic rings. The standard InChI is InChI=1S/C32H27NO4/c34-30(26-14-8-3-9-15-26)28-29(33(32(36)31(28)35)21-20-23-10-4-1-5-11-23)25-16-18-27(19-17-25)37-22-24-12-6-2-7-13-24/h1-19,29,34H,20-22H2. The van der Waals surface area contributed by atoms with Crippen molar-refractivity contribution in [3.05, 3.63) is 143 Å². The number of ketones is 1. The van der Waals surface area contributed by atoms with Gasteiger partial charge in [0.15, 0.2) is 0 Å². The number of hydrogen-bond donors (Lipinski definition) is 1. The second-order valence-corrected chi connectivity index (χ2v) is 8.94. The van der Waals surface area contributed by atoms with Crippen LogP contribution in [0.1, 0.15) is 28.3 Å². The molecule has 5 nitrogen and oxygen atoms in total. The summed E-state index contributed by atoms with van der Waals surface area (Å²) in [5.74, 6) is -0.779. The average Bonchev–Trinajstić information content (AvgIpc) is 3.21. The molecule has 1 unspecified atom stereocenters. The minimum Gasteiger partial charge on any atom is -0.507 e. The molecule has 0 aromatic heterocycles. The van der Waals surface area contributed by atoms with Gasteiger partial charge in [0, 0.05) is 12.1 Å². The normalized spacial score (nSPS) is 16.6. The van der Waals surface area contributed by atoms with E-state index in [-0.39, 0.29) is 11.3 Å². The van der Waals surface area contributed by atoms with Crippen LogP contribution >= 0.6 is 0 Å². The first kappa shape index (κ1) is 24.1. The van der Waals surface area contributed by atoms with E-state index in [0.29, 0.717) is 30.9 Å². The van der Waals surface area contributed by atoms with Crippen molar-refractivity contribution in [1.29, 1.82) is 0 Å². The molecule has 0 saturated carbocycles. The van der Waals surface area contributed by atoms with Crippen molar-refractivity contribution in [2.45, 2.75) is 19.1 Å². The molecule has 5 rings (SSSR count). The monoisotopic (exact) mass is 489 g/mol. The van der Waals surface area contributed by atoms with Crippen LogP contribution in [0, 0.1) is 0 Å². The van der Waals surface area contributed by atoms with Crippen LogP contribution in [-0.2, 0) is 22.6 Å². The van der Waals surface area contributed by atoms with Gasteiger partial charge in [0.2, 0.25) is 0 Å². The van der Waals surface area contributed by atoms with Gasteiger partial charge in [0.1, 0.15) is 18.1 Å². The minimum absolute atomic E-state index is 0.0993. The zero-order valence-corrected chi connectivity index (χ0v) is 20.3. The molecule has 0 aliphatic carbocycles. The average molecular weight is 490 g/mol. The molecule has 5 heteroatoms. The fraction of sp³-hybridized carbons (Fsp3) is 0.125. The molecular weight excluding hydrogens is 462 g/mol. The number of nitrogens with zero attached hydrogens (tertiary/aromatic N) is 1. The number of rotatable bonds is 8. The molecule has 4 aromatic rings. The van der Waals surface area contributed by atoms with Gasteiger partial charge in [-0.25, -0.2) is 0 Å². The predicted molar refractivity (Wildman–Crippen MR) is 143 cm³/mol. The number of ether oxygens (including phenoxy) is 1. The Labute approximate surface area is 216 Å². The summed E-state index contributed by atoms with van der Waals surface area (Å²) in [6.07, 6.45) is 0.591. The highest BCUT2D eigenvalue weighted by molar-refractivity contribution is 6.46. The lowest BCUT2D eigenvalue weighted by Gasteiger charge is -2.25. The third-order valence-corrected chi connectivity index (χ3v) is 6.52. The van der Waals surface area contributed by atoms with Gasteiger partial charge in [-0.1, -0.05) is 103 Å². The molecule has 0 radical (unpaired) electrons. The number of likely N-dealkylation sites (tertiary alicyclic amines) is 1. The summed E-state index contributed by atoms with van der Waals surface area (Å²) in [6.45, 7) is 0.779. The van der Waals surface area contributed by atoms with Gasteiger partial charge in [-0.2, -0.15) is 0 Å². The Balaban J connectivity index is 1.46. The van der Waals surface area contributed by atoms with E-state index < -0.39 is 17.7 Å². The van der Waals surface area contributed by atoms with Crippen molar-refractivity contribution in [2.24, 2.45) is 0 Å².